The number of rotatable bonds is 7. The Morgan fingerprint density at radius 2 is 1.97 bits per heavy atom. The van der Waals surface area contributed by atoms with Gasteiger partial charge >= 0.3 is 6.03 Å². The monoisotopic (exact) mass is 401 g/mol. The van der Waals surface area contributed by atoms with Crippen molar-refractivity contribution in [1.82, 2.24) is 20.3 Å². The van der Waals surface area contributed by atoms with Gasteiger partial charge in [-0.15, -0.1) is 0 Å². The van der Waals surface area contributed by atoms with Crippen LogP contribution in [0.25, 0.3) is 22.4 Å². The number of nitrogens with one attached hydrogen (secondary N) is 2. The quantitative estimate of drug-likeness (QED) is 0.426. The molecule has 0 bridgehead atoms. The molecule has 0 saturated carbocycles. The van der Waals surface area contributed by atoms with E-state index in [1.807, 2.05) is 12.1 Å². The van der Waals surface area contributed by atoms with Crippen molar-refractivity contribution in [3.63, 3.8) is 0 Å². The van der Waals surface area contributed by atoms with Crippen LogP contribution in [0.1, 0.15) is 31.2 Å². The summed E-state index contributed by atoms with van der Waals surface area (Å²) in [4.78, 5) is 25.5. The molecule has 3 heterocycles. The lowest BCUT2D eigenvalue weighted by atomic mass is 9.96. The van der Waals surface area contributed by atoms with Crippen LogP contribution in [0.3, 0.4) is 0 Å². The Morgan fingerprint density at radius 3 is 2.77 bits per heavy atom. The summed E-state index contributed by atoms with van der Waals surface area (Å²) >= 11 is 0. The normalized spacial score (nSPS) is 11.9. The number of anilines is 1. The fourth-order valence-electron chi connectivity index (χ4n) is 3.24. The summed E-state index contributed by atoms with van der Waals surface area (Å²) in [5.41, 5.74) is 3.93. The lowest BCUT2D eigenvalue weighted by Gasteiger charge is -2.12. The Balaban J connectivity index is 1.30. The summed E-state index contributed by atoms with van der Waals surface area (Å²) in [5.74, 6) is 0.887. The Labute approximate surface area is 174 Å². The van der Waals surface area contributed by atoms with Crippen molar-refractivity contribution in [2.75, 3.05) is 11.9 Å². The molecule has 7 nitrogen and oxygen atoms in total. The smallest absolute Gasteiger partial charge is 0.320 e. The third kappa shape index (κ3) is 4.81. The van der Waals surface area contributed by atoms with Crippen LogP contribution < -0.4 is 10.6 Å². The number of benzene rings is 1. The van der Waals surface area contributed by atoms with Gasteiger partial charge in [0.2, 0.25) is 0 Å². The molecule has 0 saturated heterocycles. The Kier molecular flexibility index (Phi) is 5.98. The predicted molar refractivity (Wildman–Crippen MR) is 116 cm³/mol. The van der Waals surface area contributed by atoms with Gasteiger partial charge in [-0.3, -0.25) is 10.3 Å². The molecule has 1 aromatic carbocycles. The highest BCUT2D eigenvalue weighted by Gasteiger charge is 2.09. The average Bonchev–Trinajstić information content (AvgIpc) is 3.32. The Hall–Kier alpha value is -3.74. The fraction of sp³-hybridized carbons (Fsp3) is 0.217. The van der Waals surface area contributed by atoms with Crippen LogP contribution in [0.2, 0.25) is 0 Å². The molecule has 0 spiro atoms. The van der Waals surface area contributed by atoms with Gasteiger partial charge < -0.3 is 9.73 Å². The van der Waals surface area contributed by atoms with Gasteiger partial charge in [0.25, 0.3) is 0 Å². The number of fused-ring (bicyclic) bond motifs is 1. The van der Waals surface area contributed by atoms with Crippen LogP contribution >= 0.6 is 0 Å². The number of carbonyl (C=O) groups is 1. The SMILES string of the molecule is C[C@H](CCCNC(=O)Nc1ccc2ncc(-c3ccoc3)nc2n1)c1ccccc1. The van der Waals surface area contributed by atoms with E-state index in [-0.39, 0.29) is 6.03 Å². The first-order chi connectivity index (χ1) is 14.7. The predicted octanol–water partition coefficient (Wildman–Crippen LogP) is 4.99. The number of carbonyl (C=O) groups excluding carboxylic acids is 1. The number of amides is 2. The van der Waals surface area contributed by atoms with Gasteiger partial charge in [0, 0.05) is 12.1 Å². The van der Waals surface area contributed by atoms with Gasteiger partial charge in [0.15, 0.2) is 5.65 Å². The van der Waals surface area contributed by atoms with Crippen molar-refractivity contribution in [3.8, 4) is 11.3 Å². The van der Waals surface area contributed by atoms with Crippen LogP contribution in [-0.4, -0.2) is 27.5 Å². The molecular weight excluding hydrogens is 378 g/mol. The number of nitrogens with zero attached hydrogens (tertiary/aromatic N) is 3. The van der Waals surface area contributed by atoms with Crippen LogP contribution in [-0.2, 0) is 0 Å². The topological polar surface area (TPSA) is 92.9 Å². The Morgan fingerprint density at radius 1 is 1.10 bits per heavy atom. The molecule has 0 unspecified atom stereocenters. The molecule has 152 valence electrons. The van der Waals surface area contributed by atoms with Crippen molar-refractivity contribution in [1.29, 1.82) is 0 Å². The standard InChI is InChI=1S/C23H23N5O2/c1-16(17-7-3-2-4-8-17)6-5-12-24-23(29)28-21-10-9-19-22(27-21)26-20(14-25-19)18-11-13-30-15-18/h2-4,7-11,13-16H,5-6,12H2,1H3,(H2,24,26,27,28,29)/t16-/m1/s1. The number of hydrogen-bond donors (Lipinski definition) is 2. The molecule has 7 heteroatoms. The number of hydrogen-bond acceptors (Lipinski definition) is 5. The van der Waals surface area contributed by atoms with Gasteiger partial charge in [-0.2, -0.15) is 0 Å². The number of pyridine rings is 1. The van der Waals surface area contributed by atoms with E-state index >= 15 is 0 Å². The van der Waals surface area contributed by atoms with Crippen molar-refractivity contribution >= 4 is 23.0 Å². The summed E-state index contributed by atoms with van der Waals surface area (Å²) in [5, 5.41) is 5.64. The summed E-state index contributed by atoms with van der Waals surface area (Å²) in [6, 6.07) is 15.4. The van der Waals surface area contributed by atoms with E-state index in [2.05, 4.69) is 56.8 Å². The van der Waals surface area contributed by atoms with Crippen LogP contribution in [0, 0.1) is 0 Å². The van der Waals surface area contributed by atoms with Crippen LogP contribution in [0.15, 0.2) is 71.7 Å². The lowest BCUT2D eigenvalue weighted by Crippen LogP contribution is -2.30. The van der Waals surface area contributed by atoms with Gasteiger partial charge in [0.1, 0.15) is 11.3 Å². The van der Waals surface area contributed by atoms with Gasteiger partial charge in [-0.05, 0) is 42.5 Å². The molecule has 30 heavy (non-hydrogen) atoms. The molecule has 3 aromatic heterocycles. The van der Waals surface area contributed by atoms with E-state index in [0.717, 1.165) is 18.4 Å². The molecule has 4 rings (SSSR count). The number of aromatic nitrogens is 3. The number of furan rings is 1. The first-order valence-corrected chi connectivity index (χ1v) is 9.95. The maximum absolute atomic E-state index is 12.2. The first kappa shape index (κ1) is 19.6. The average molecular weight is 401 g/mol. The first-order valence-electron chi connectivity index (χ1n) is 9.95. The van der Waals surface area contributed by atoms with E-state index < -0.39 is 0 Å². The highest BCUT2D eigenvalue weighted by atomic mass is 16.3. The second kappa shape index (κ2) is 9.17. The third-order valence-electron chi connectivity index (χ3n) is 4.93. The van der Waals surface area contributed by atoms with E-state index in [1.165, 1.54) is 5.56 Å². The summed E-state index contributed by atoms with van der Waals surface area (Å²) < 4.78 is 5.09. The van der Waals surface area contributed by atoms with Crippen LogP contribution in [0.4, 0.5) is 10.6 Å². The third-order valence-corrected chi connectivity index (χ3v) is 4.93. The van der Waals surface area contributed by atoms with Gasteiger partial charge in [0.05, 0.1) is 24.4 Å². The van der Waals surface area contributed by atoms with E-state index in [1.54, 1.807) is 30.9 Å². The van der Waals surface area contributed by atoms with E-state index in [4.69, 9.17) is 4.42 Å². The zero-order valence-electron chi connectivity index (χ0n) is 16.7. The minimum absolute atomic E-state index is 0.284. The molecule has 1 atom stereocenters. The molecule has 0 aliphatic rings. The second-order valence-corrected chi connectivity index (χ2v) is 7.14. The molecule has 0 aliphatic heterocycles. The molecule has 2 amide bonds. The molecule has 4 aromatic rings. The summed E-state index contributed by atoms with van der Waals surface area (Å²) in [6.45, 7) is 2.80. The second-order valence-electron chi connectivity index (χ2n) is 7.14. The van der Waals surface area contributed by atoms with Crippen molar-refractivity contribution < 1.29 is 9.21 Å². The Bertz CT molecular complexity index is 1110. The molecule has 2 N–H and O–H groups in total. The highest BCUT2D eigenvalue weighted by molar-refractivity contribution is 5.89. The van der Waals surface area contributed by atoms with Gasteiger partial charge in [-0.1, -0.05) is 37.3 Å². The van der Waals surface area contributed by atoms with Crippen molar-refractivity contribution in [2.24, 2.45) is 0 Å². The van der Waals surface area contributed by atoms with Crippen molar-refractivity contribution in [3.05, 3.63) is 72.8 Å². The molecular formula is C23H23N5O2. The largest absolute Gasteiger partial charge is 0.472 e. The van der Waals surface area contributed by atoms with Gasteiger partial charge in [-0.25, -0.2) is 14.8 Å². The molecule has 0 aliphatic carbocycles. The minimum Gasteiger partial charge on any atom is -0.472 e. The zero-order valence-corrected chi connectivity index (χ0v) is 16.7. The van der Waals surface area contributed by atoms with Crippen molar-refractivity contribution in [2.45, 2.75) is 25.7 Å². The summed E-state index contributed by atoms with van der Waals surface area (Å²) in [6.07, 6.45) is 6.76. The number of urea groups is 1. The van der Waals surface area contributed by atoms with E-state index in [9.17, 15) is 4.79 Å². The molecule has 0 fully saturated rings. The van der Waals surface area contributed by atoms with E-state index in [0.29, 0.717) is 35.1 Å². The maximum Gasteiger partial charge on any atom is 0.320 e. The highest BCUT2D eigenvalue weighted by Crippen LogP contribution is 2.20. The van der Waals surface area contributed by atoms with Crippen LogP contribution in [0.5, 0.6) is 0 Å². The summed E-state index contributed by atoms with van der Waals surface area (Å²) in [7, 11) is 0. The fourth-order valence-corrected chi connectivity index (χ4v) is 3.24. The molecule has 0 radical (unpaired) electrons. The zero-order chi connectivity index (χ0) is 20.8. The maximum atomic E-state index is 12.2. The lowest BCUT2D eigenvalue weighted by molar-refractivity contribution is 0.251. The minimum atomic E-state index is -0.284.